The third kappa shape index (κ3) is 3.07. The van der Waals surface area contributed by atoms with E-state index >= 15 is 0 Å². The number of hydrogen-bond acceptors (Lipinski definition) is 5. The number of ether oxygens (including phenoxy) is 2. The van der Waals surface area contributed by atoms with Gasteiger partial charge in [0.1, 0.15) is 23.0 Å². The molecule has 0 saturated carbocycles. The summed E-state index contributed by atoms with van der Waals surface area (Å²) in [6.07, 6.45) is 1.62. The first kappa shape index (κ1) is 16.3. The molecule has 3 rings (SSSR count). The molecule has 2 heterocycles. The number of benzene rings is 1. The van der Waals surface area contributed by atoms with Crippen LogP contribution in [0.3, 0.4) is 0 Å². The smallest absolute Gasteiger partial charge is 0.336 e. The third-order valence-corrected chi connectivity index (χ3v) is 4.05. The van der Waals surface area contributed by atoms with Crippen LogP contribution in [-0.2, 0) is 16.0 Å². The molecule has 5 heteroatoms. The third-order valence-electron chi connectivity index (χ3n) is 4.05. The van der Waals surface area contributed by atoms with Crippen molar-refractivity contribution in [3.63, 3.8) is 0 Å². The second kappa shape index (κ2) is 5.82. The average molecular weight is 328 g/mol. The van der Waals surface area contributed by atoms with Crippen molar-refractivity contribution in [2.75, 3.05) is 0 Å². The highest BCUT2D eigenvalue weighted by atomic mass is 16.6. The molecule has 5 nitrogen and oxygen atoms in total. The lowest BCUT2D eigenvalue weighted by molar-refractivity contribution is -0.158. The van der Waals surface area contributed by atoms with Crippen molar-refractivity contribution in [2.24, 2.45) is 0 Å². The zero-order chi connectivity index (χ0) is 17.5. The number of rotatable bonds is 3. The predicted octanol–water partition coefficient (Wildman–Crippen LogP) is 3.38. The minimum Gasteiger partial charge on any atom is -0.485 e. The van der Waals surface area contributed by atoms with Gasteiger partial charge in [-0.3, -0.25) is 0 Å². The van der Waals surface area contributed by atoms with Gasteiger partial charge in [0.2, 0.25) is 0 Å². The van der Waals surface area contributed by atoms with Gasteiger partial charge in [0.15, 0.2) is 0 Å². The Kier molecular flexibility index (Phi) is 3.95. The predicted molar refractivity (Wildman–Crippen MR) is 90.2 cm³/mol. The Morgan fingerprint density at radius 1 is 1.25 bits per heavy atom. The summed E-state index contributed by atoms with van der Waals surface area (Å²) < 4.78 is 16.9. The molecular formula is C19H20O5. The van der Waals surface area contributed by atoms with Crippen molar-refractivity contribution in [1.82, 2.24) is 0 Å². The van der Waals surface area contributed by atoms with E-state index in [1.165, 1.54) is 12.1 Å². The fourth-order valence-electron chi connectivity index (χ4n) is 2.83. The van der Waals surface area contributed by atoms with E-state index in [0.29, 0.717) is 17.8 Å². The van der Waals surface area contributed by atoms with Gasteiger partial charge in [0, 0.05) is 29.5 Å². The molecule has 0 saturated heterocycles. The fourth-order valence-corrected chi connectivity index (χ4v) is 2.83. The van der Waals surface area contributed by atoms with Crippen molar-refractivity contribution >= 4 is 16.9 Å². The quantitative estimate of drug-likeness (QED) is 0.491. The van der Waals surface area contributed by atoms with E-state index < -0.39 is 17.2 Å². The zero-order valence-corrected chi connectivity index (χ0v) is 14.2. The molecule has 0 amide bonds. The van der Waals surface area contributed by atoms with E-state index in [0.717, 1.165) is 16.5 Å². The van der Waals surface area contributed by atoms with E-state index in [4.69, 9.17) is 13.9 Å². The molecule has 0 N–H and O–H groups in total. The van der Waals surface area contributed by atoms with Gasteiger partial charge in [-0.05, 0) is 45.9 Å². The van der Waals surface area contributed by atoms with Gasteiger partial charge in [-0.25, -0.2) is 9.59 Å². The molecule has 0 bridgehead atoms. The van der Waals surface area contributed by atoms with Gasteiger partial charge in [-0.15, -0.1) is 0 Å². The Bertz CT molecular complexity index is 884. The van der Waals surface area contributed by atoms with Crippen molar-refractivity contribution in [3.05, 3.63) is 51.9 Å². The molecule has 126 valence electrons. The summed E-state index contributed by atoms with van der Waals surface area (Å²) in [5.74, 6) is 0.268. The summed E-state index contributed by atoms with van der Waals surface area (Å²) in [7, 11) is 0. The van der Waals surface area contributed by atoms with Crippen LogP contribution < -0.4 is 10.4 Å². The summed E-state index contributed by atoms with van der Waals surface area (Å²) in [6.45, 7) is 7.31. The SMILES string of the molecule is CC(C)=CC(=O)OC(C)(C)[C@H]1Cc2c(ccc3ccc(=O)oc23)O1. The molecule has 1 aromatic heterocycles. The van der Waals surface area contributed by atoms with E-state index in [1.807, 2.05) is 39.8 Å². The highest BCUT2D eigenvalue weighted by Gasteiger charge is 2.40. The van der Waals surface area contributed by atoms with E-state index in [1.54, 1.807) is 6.07 Å². The highest BCUT2D eigenvalue weighted by Crippen LogP contribution is 2.38. The van der Waals surface area contributed by atoms with Crippen LogP contribution in [0, 0.1) is 0 Å². The molecule has 0 radical (unpaired) electrons. The number of fused-ring (bicyclic) bond motifs is 3. The molecule has 1 atom stereocenters. The lowest BCUT2D eigenvalue weighted by Gasteiger charge is -2.30. The fraction of sp³-hybridized carbons (Fsp3) is 0.368. The number of carbonyl (C=O) groups excluding carboxylic acids is 1. The van der Waals surface area contributed by atoms with Crippen LogP contribution in [-0.4, -0.2) is 17.7 Å². The normalized spacial score (nSPS) is 16.4. The maximum Gasteiger partial charge on any atom is 0.336 e. The van der Waals surface area contributed by atoms with Gasteiger partial charge < -0.3 is 13.9 Å². The molecule has 0 aliphatic carbocycles. The summed E-state index contributed by atoms with van der Waals surface area (Å²) >= 11 is 0. The Balaban J connectivity index is 1.89. The van der Waals surface area contributed by atoms with Crippen LogP contribution in [0.4, 0.5) is 0 Å². The van der Waals surface area contributed by atoms with Crippen molar-refractivity contribution in [1.29, 1.82) is 0 Å². The second-order valence-corrected chi connectivity index (χ2v) is 6.77. The Morgan fingerprint density at radius 3 is 2.67 bits per heavy atom. The van der Waals surface area contributed by atoms with Gasteiger partial charge in [-0.2, -0.15) is 0 Å². The molecule has 1 aromatic carbocycles. The largest absolute Gasteiger partial charge is 0.485 e. The molecule has 0 unspecified atom stereocenters. The summed E-state index contributed by atoms with van der Waals surface area (Å²) in [6, 6.07) is 6.83. The van der Waals surface area contributed by atoms with Crippen LogP contribution in [0.2, 0.25) is 0 Å². The van der Waals surface area contributed by atoms with Crippen LogP contribution in [0.15, 0.2) is 45.1 Å². The zero-order valence-electron chi connectivity index (χ0n) is 14.2. The first-order valence-corrected chi connectivity index (χ1v) is 7.86. The Hall–Kier alpha value is -2.56. The van der Waals surface area contributed by atoms with Crippen LogP contribution in [0.1, 0.15) is 33.3 Å². The van der Waals surface area contributed by atoms with Gasteiger partial charge >= 0.3 is 11.6 Å². The monoisotopic (exact) mass is 328 g/mol. The first-order valence-electron chi connectivity index (χ1n) is 7.86. The van der Waals surface area contributed by atoms with E-state index in [9.17, 15) is 9.59 Å². The van der Waals surface area contributed by atoms with E-state index in [2.05, 4.69) is 0 Å². The number of hydrogen-bond donors (Lipinski definition) is 0. The average Bonchev–Trinajstić information content (AvgIpc) is 2.91. The van der Waals surface area contributed by atoms with E-state index in [-0.39, 0.29) is 6.10 Å². The summed E-state index contributed by atoms with van der Waals surface area (Å²) in [5.41, 5.74) is 1.03. The number of allylic oxidation sites excluding steroid dienone is 1. The minimum atomic E-state index is -0.816. The standard InChI is InChI=1S/C19H20O5/c1-11(2)9-17(21)24-19(3,4)15-10-13-14(22-15)7-5-12-6-8-16(20)23-18(12)13/h5-9,15H,10H2,1-4H3/t15-/m1/s1. The lowest BCUT2D eigenvalue weighted by Crippen LogP contribution is -2.43. The van der Waals surface area contributed by atoms with Crippen molar-refractivity contribution < 1.29 is 18.7 Å². The van der Waals surface area contributed by atoms with Gasteiger partial charge in [0.25, 0.3) is 0 Å². The molecule has 1 aliphatic heterocycles. The van der Waals surface area contributed by atoms with Crippen LogP contribution >= 0.6 is 0 Å². The topological polar surface area (TPSA) is 65.7 Å². The van der Waals surface area contributed by atoms with Crippen molar-refractivity contribution in [2.45, 2.75) is 45.8 Å². The number of esters is 1. The second-order valence-electron chi connectivity index (χ2n) is 6.77. The van der Waals surface area contributed by atoms with Crippen LogP contribution in [0.25, 0.3) is 11.0 Å². The molecule has 24 heavy (non-hydrogen) atoms. The maximum absolute atomic E-state index is 11.9. The summed E-state index contributed by atoms with van der Waals surface area (Å²) in [5, 5.41) is 0.844. The molecule has 1 aliphatic rings. The Labute approximate surface area is 139 Å². The first-order chi connectivity index (χ1) is 11.3. The molecule has 0 spiro atoms. The Morgan fingerprint density at radius 2 is 1.96 bits per heavy atom. The highest BCUT2D eigenvalue weighted by molar-refractivity contribution is 5.84. The summed E-state index contributed by atoms with van der Waals surface area (Å²) in [4.78, 5) is 23.5. The molecule has 0 fully saturated rings. The number of carbonyl (C=O) groups is 1. The van der Waals surface area contributed by atoms with Crippen molar-refractivity contribution in [3.8, 4) is 5.75 Å². The van der Waals surface area contributed by atoms with Gasteiger partial charge in [-0.1, -0.05) is 5.57 Å². The minimum absolute atomic E-state index is 0.349. The molecule has 2 aromatic rings. The van der Waals surface area contributed by atoms with Crippen LogP contribution in [0.5, 0.6) is 5.75 Å². The maximum atomic E-state index is 11.9. The molecular weight excluding hydrogens is 308 g/mol. The van der Waals surface area contributed by atoms with Gasteiger partial charge in [0.05, 0.1) is 0 Å². The lowest BCUT2D eigenvalue weighted by atomic mass is 9.96.